The van der Waals surface area contributed by atoms with E-state index in [2.05, 4.69) is 57.6 Å². The summed E-state index contributed by atoms with van der Waals surface area (Å²) in [5, 5.41) is 4.21. The summed E-state index contributed by atoms with van der Waals surface area (Å²) < 4.78 is 0. The minimum atomic E-state index is 0.0793. The minimum absolute atomic E-state index is 0.0793. The van der Waals surface area contributed by atoms with E-state index in [0.29, 0.717) is 16.7 Å². The maximum absolute atomic E-state index is 9.11. The first-order valence-corrected chi connectivity index (χ1v) is 13.4. The van der Waals surface area contributed by atoms with Gasteiger partial charge in [0.25, 0.3) is 0 Å². The van der Waals surface area contributed by atoms with E-state index in [0.717, 1.165) is 41.9 Å². The van der Waals surface area contributed by atoms with Crippen LogP contribution in [0.3, 0.4) is 0 Å². The zero-order chi connectivity index (χ0) is 22.4. The molecule has 3 saturated carbocycles. The zero-order valence-electron chi connectivity index (χ0n) is 21.1. The van der Waals surface area contributed by atoms with Gasteiger partial charge in [-0.2, -0.15) is 0 Å². The number of hydrogen-bond donors (Lipinski definition) is 0. The average Bonchev–Trinajstić information content (AvgIpc) is 3.06. The lowest BCUT2D eigenvalue weighted by Crippen LogP contribution is -2.53. The van der Waals surface area contributed by atoms with Gasteiger partial charge in [-0.25, -0.2) is 0 Å². The molecule has 0 amide bonds. The molecule has 0 spiro atoms. The molecule has 0 heterocycles. The first-order chi connectivity index (χ1) is 14.7. The predicted octanol–water partition coefficient (Wildman–Crippen LogP) is 8.95. The highest BCUT2D eigenvalue weighted by molar-refractivity contribution is 5.22. The van der Waals surface area contributed by atoms with Crippen LogP contribution in [0.2, 0.25) is 0 Å². The molecule has 0 saturated heterocycles. The molecule has 0 bridgehead atoms. The van der Waals surface area contributed by atoms with Crippen LogP contribution >= 0.6 is 0 Å². The second-order valence-corrected chi connectivity index (χ2v) is 12.9. The van der Waals surface area contributed by atoms with Gasteiger partial charge in [-0.05, 0) is 110 Å². The maximum atomic E-state index is 9.11. The van der Waals surface area contributed by atoms with Crippen molar-refractivity contribution in [2.24, 2.45) is 57.4 Å². The smallest absolute Gasteiger partial charge is 0.0587 e. The first-order valence-electron chi connectivity index (χ1n) is 13.4. The number of azide groups is 1. The van der Waals surface area contributed by atoms with Gasteiger partial charge < -0.3 is 0 Å². The lowest BCUT2D eigenvalue weighted by Gasteiger charge is -2.60. The van der Waals surface area contributed by atoms with Crippen LogP contribution in [0.15, 0.2) is 16.8 Å². The molecule has 4 aliphatic carbocycles. The highest BCUT2D eigenvalue weighted by Gasteiger charge is 2.60. The van der Waals surface area contributed by atoms with Gasteiger partial charge in [-0.15, -0.1) is 0 Å². The maximum Gasteiger partial charge on any atom is 0.0587 e. The number of hydrogen-bond acceptors (Lipinski definition) is 1. The van der Waals surface area contributed by atoms with Gasteiger partial charge in [-0.1, -0.05) is 70.6 Å². The van der Waals surface area contributed by atoms with E-state index in [1.54, 1.807) is 0 Å². The van der Waals surface area contributed by atoms with Gasteiger partial charge in [0.05, 0.1) is 6.04 Å². The highest BCUT2D eigenvalue weighted by atomic mass is 15.1. The standard InChI is InChI=1S/C28H47N3/c1-18(2)8-7-9-19(3)23-12-13-24-22-11-10-21-16-20(4)26(30-31-29)17-28(21,6)25(22)14-15-27(23,24)5/h16,18-19,21-26H,7-15,17H2,1-6H3/t19-,21+,22+,23-,24+,25+,26+,27-,28+/m1/s1. The fraction of sp³-hybridized carbons (Fsp3) is 0.929. The quantitative estimate of drug-likeness (QED) is 0.176. The van der Waals surface area contributed by atoms with Gasteiger partial charge in [-0.3, -0.25) is 0 Å². The molecule has 174 valence electrons. The van der Waals surface area contributed by atoms with Crippen molar-refractivity contribution < 1.29 is 0 Å². The summed E-state index contributed by atoms with van der Waals surface area (Å²) in [6.07, 6.45) is 16.3. The van der Waals surface area contributed by atoms with Crippen LogP contribution in [-0.2, 0) is 0 Å². The highest BCUT2D eigenvalue weighted by Crippen LogP contribution is 2.68. The summed E-state index contributed by atoms with van der Waals surface area (Å²) in [5.41, 5.74) is 11.3. The Morgan fingerprint density at radius 1 is 1.03 bits per heavy atom. The Kier molecular flexibility index (Phi) is 6.57. The molecule has 3 fully saturated rings. The molecule has 0 unspecified atom stereocenters. The molecule has 31 heavy (non-hydrogen) atoms. The number of nitrogens with zero attached hydrogens (tertiary/aromatic N) is 3. The molecular weight excluding hydrogens is 378 g/mol. The van der Waals surface area contributed by atoms with E-state index >= 15 is 0 Å². The largest absolute Gasteiger partial charge is 0.0863 e. The van der Waals surface area contributed by atoms with Crippen molar-refractivity contribution in [2.75, 3.05) is 0 Å². The molecule has 0 aliphatic heterocycles. The van der Waals surface area contributed by atoms with Crippen LogP contribution in [0, 0.1) is 52.3 Å². The zero-order valence-corrected chi connectivity index (χ0v) is 21.1. The molecular formula is C28H47N3. The number of allylic oxidation sites excluding steroid dienone is 1. The fourth-order valence-corrected chi connectivity index (χ4v) is 9.29. The molecule has 4 aliphatic rings. The molecule has 3 nitrogen and oxygen atoms in total. The summed E-state index contributed by atoms with van der Waals surface area (Å²) in [6, 6.07) is 0.0793. The predicted molar refractivity (Wildman–Crippen MR) is 131 cm³/mol. The Bertz CT molecular complexity index is 735. The Labute approximate surface area is 191 Å². The van der Waals surface area contributed by atoms with E-state index < -0.39 is 0 Å². The normalized spacial score (nSPS) is 45.2. The molecule has 0 N–H and O–H groups in total. The average molecular weight is 426 g/mol. The third-order valence-corrected chi connectivity index (χ3v) is 11.0. The van der Waals surface area contributed by atoms with Crippen LogP contribution in [0.5, 0.6) is 0 Å². The lowest BCUT2D eigenvalue weighted by atomic mass is 9.44. The Hall–Kier alpha value is -0.950. The van der Waals surface area contributed by atoms with Gasteiger partial charge >= 0.3 is 0 Å². The summed E-state index contributed by atoms with van der Waals surface area (Å²) in [5.74, 6) is 5.98. The molecule has 0 aromatic carbocycles. The van der Waals surface area contributed by atoms with Crippen molar-refractivity contribution in [3.8, 4) is 0 Å². The van der Waals surface area contributed by atoms with E-state index in [4.69, 9.17) is 5.53 Å². The summed E-state index contributed by atoms with van der Waals surface area (Å²) >= 11 is 0. The lowest BCUT2D eigenvalue weighted by molar-refractivity contribution is -0.0976. The van der Waals surface area contributed by atoms with Crippen molar-refractivity contribution in [2.45, 2.75) is 112 Å². The Balaban J connectivity index is 1.51. The molecule has 3 heteroatoms. The van der Waals surface area contributed by atoms with Crippen molar-refractivity contribution >= 4 is 0 Å². The van der Waals surface area contributed by atoms with Crippen molar-refractivity contribution in [3.63, 3.8) is 0 Å². The monoisotopic (exact) mass is 425 g/mol. The molecule has 0 radical (unpaired) electrons. The summed E-state index contributed by atoms with van der Waals surface area (Å²) in [6.45, 7) is 14.7. The summed E-state index contributed by atoms with van der Waals surface area (Å²) in [7, 11) is 0. The summed E-state index contributed by atoms with van der Waals surface area (Å²) in [4.78, 5) is 3.20. The van der Waals surface area contributed by atoms with Crippen molar-refractivity contribution in [3.05, 3.63) is 22.1 Å². The minimum Gasteiger partial charge on any atom is -0.0863 e. The van der Waals surface area contributed by atoms with Crippen LogP contribution in [0.1, 0.15) is 106 Å². The van der Waals surface area contributed by atoms with Gasteiger partial charge in [0, 0.05) is 4.91 Å². The second-order valence-electron chi connectivity index (χ2n) is 12.9. The Morgan fingerprint density at radius 3 is 2.48 bits per heavy atom. The molecule has 9 atom stereocenters. The van der Waals surface area contributed by atoms with Crippen molar-refractivity contribution in [1.29, 1.82) is 0 Å². The third kappa shape index (κ3) is 3.98. The van der Waals surface area contributed by atoms with E-state index in [9.17, 15) is 0 Å². The van der Waals surface area contributed by atoms with E-state index in [1.165, 1.54) is 63.4 Å². The van der Waals surface area contributed by atoms with Crippen LogP contribution in [0.4, 0.5) is 0 Å². The van der Waals surface area contributed by atoms with E-state index in [-0.39, 0.29) is 6.04 Å². The fourth-order valence-electron chi connectivity index (χ4n) is 9.29. The SMILES string of the molecule is CC1=C[C@@H]2CC[C@@H]3[C@H](CC[C@]4(C)[C@@H]([C@H](C)CCCC(C)C)CC[C@@H]34)[C@@]2(C)C[C@@H]1N=[N+]=[N-]. The van der Waals surface area contributed by atoms with Gasteiger partial charge in [0.15, 0.2) is 0 Å². The number of rotatable bonds is 6. The van der Waals surface area contributed by atoms with Crippen LogP contribution in [0.25, 0.3) is 10.4 Å². The van der Waals surface area contributed by atoms with Gasteiger partial charge in [0.2, 0.25) is 0 Å². The van der Waals surface area contributed by atoms with Gasteiger partial charge in [0.1, 0.15) is 0 Å². The van der Waals surface area contributed by atoms with Crippen LogP contribution < -0.4 is 0 Å². The Morgan fingerprint density at radius 2 is 1.77 bits per heavy atom. The molecule has 0 aromatic rings. The van der Waals surface area contributed by atoms with Crippen LogP contribution in [-0.4, -0.2) is 6.04 Å². The number of fused-ring (bicyclic) bond motifs is 5. The topological polar surface area (TPSA) is 48.8 Å². The molecule has 4 rings (SSSR count). The molecule has 0 aromatic heterocycles. The third-order valence-electron chi connectivity index (χ3n) is 11.0. The van der Waals surface area contributed by atoms with E-state index in [1.807, 2.05) is 0 Å². The van der Waals surface area contributed by atoms with Crippen molar-refractivity contribution in [1.82, 2.24) is 0 Å². The first kappa shape index (κ1) is 23.2. The second kappa shape index (κ2) is 8.77.